The summed E-state index contributed by atoms with van der Waals surface area (Å²) in [5.74, 6) is -1.17. The molecule has 0 aliphatic heterocycles. The molecule has 108 valence electrons. The fraction of sp³-hybridized carbons (Fsp3) is 0.333. The second kappa shape index (κ2) is 6.23. The molecule has 0 radical (unpaired) electrons. The number of hydrogen-bond acceptors (Lipinski definition) is 4. The van der Waals surface area contributed by atoms with Crippen LogP contribution in [0.1, 0.15) is 22.3 Å². The van der Waals surface area contributed by atoms with Gasteiger partial charge in [0.05, 0.1) is 14.2 Å². The Hall–Kier alpha value is -2.30. The van der Waals surface area contributed by atoms with Crippen LogP contribution in [0.2, 0.25) is 0 Å². The Morgan fingerprint density at radius 2 is 1.45 bits per heavy atom. The summed E-state index contributed by atoms with van der Waals surface area (Å²) in [4.78, 5) is 21.7. The molecule has 20 heavy (non-hydrogen) atoms. The molecule has 0 saturated heterocycles. The molecule has 5 heteroatoms. The molecular formula is C15H18O5. The van der Waals surface area contributed by atoms with Crippen LogP contribution >= 0.6 is 0 Å². The lowest BCUT2D eigenvalue weighted by molar-refractivity contribution is -0.146. The topological polar surface area (TPSA) is 72.8 Å². The van der Waals surface area contributed by atoms with Gasteiger partial charge in [-0.15, -0.1) is 0 Å². The number of ketones is 1. The van der Waals surface area contributed by atoms with Gasteiger partial charge >= 0.3 is 5.97 Å². The van der Waals surface area contributed by atoms with Crippen molar-refractivity contribution in [2.24, 2.45) is 0 Å². The third-order valence-corrected chi connectivity index (χ3v) is 3.25. The van der Waals surface area contributed by atoms with Crippen LogP contribution in [0, 0.1) is 20.8 Å². The minimum absolute atomic E-state index is 0.607. The lowest BCUT2D eigenvalue weighted by atomic mass is 9.96. The average molecular weight is 278 g/mol. The van der Waals surface area contributed by atoms with E-state index < -0.39 is 11.8 Å². The zero-order valence-electron chi connectivity index (χ0n) is 12.2. The number of rotatable bonds is 5. The highest BCUT2D eigenvalue weighted by molar-refractivity contribution is 6.38. The van der Waals surface area contributed by atoms with E-state index in [1.165, 1.54) is 13.2 Å². The van der Waals surface area contributed by atoms with Crippen molar-refractivity contribution >= 4 is 17.8 Å². The third-order valence-electron chi connectivity index (χ3n) is 3.25. The number of benzene rings is 1. The predicted octanol–water partition coefficient (Wildman–Crippen LogP) is 2.30. The Kier molecular flexibility index (Phi) is 4.91. The second-order valence-electron chi connectivity index (χ2n) is 4.36. The van der Waals surface area contributed by atoms with E-state index in [1.54, 1.807) is 7.11 Å². The summed E-state index contributed by atoms with van der Waals surface area (Å²) in [6.07, 6.45) is 2.46. The maximum Gasteiger partial charge on any atom is 0.376 e. The Bertz CT molecular complexity index is 585. The van der Waals surface area contributed by atoms with Crippen molar-refractivity contribution in [1.29, 1.82) is 0 Å². The minimum Gasteiger partial charge on any atom is -0.496 e. The Balaban J connectivity index is 3.48. The van der Waals surface area contributed by atoms with Crippen molar-refractivity contribution in [1.82, 2.24) is 0 Å². The summed E-state index contributed by atoms with van der Waals surface area (Å²) in [5.41, 5.74) is 3.27. The highest BCUT2D eigenvalue weighted by atomic mass is 16.5. The van der Waals surface area contributed by atoms with Crippen LogP contribution in [-0.4, -0.2) is 31.1 Å². The molecule has 1 N–H and O–H groups in total. The van der Waals surface area contributed by atoms with Crippen molar-refractivity contribution in [3.8, 4) is 11.5 Å². The molecule has 1 rings (SSSR count). The van der Waals surface area contributed by atoms with Gasteiger partial charge in [-0.1, -0.05) is 0 Å². The van der Waals surface area contributed by atoms with Crippen LogP contribution in [-0.2, 0) is 9.59 Å². The first kappa shape index (κ1) is 15.8. The van der Waals surface area contributed by atoms with E-state index in [1.807, 2.05) is 20.8 Å². The molecule has 5 nitrogen and oxygen atoms in total. The van der Waals surface area contributed by atoms with Crippen molar-refractivity contribution in [3.05, 3.63) is 28.3 Å². The van der Waals surface area contributed by atoms with Crippen molar-refractivity contribution in [2.75, 3.05) is 14.2 Å². The van der Waals surface area contributed by atoms with Crippen molar-refractivity contribution in [3.63, 3.8) is 0 Å². The first-order chi connectivity index (χ1) is 9.34. The number of methoxy groups -OCH3 is 2. The Morgan fingerprint density at radius 3 is 1.90 bits per heavy atom. The first-order valence-electron chi connectivity index (χ1n) is 6.02. The summed E-state index contributed by atoms with van der Waals surface area (Å²) in [6.45, 7) is 5.63. The summed E-state index contributed by atoms with van der Waals surface area (Å²) >= 11 is 0. The van der Waals surface area contributed by atoms with Gasteiger partial charge in [0.1, 0.15) is 11.5 Å². The number of ether oxygens (including phenoxy) is 2. The fourth-order valence-electron chi connectivity index (χ4n) is 2.12. The molecule has 0 spiro atoms. The molecule has 1 aromatic carbocycles. The van der Waals surface area contributed by atoms with Crippen LogP contribution in [0.5, 0.6) is 11.5 Å². The van der Waals surface area contributed by atoms with Gasteiger partial charge in [-0.2, -0.15) is 0 Å². The summed E-state index contributed by atoms with van der Waals surface area (Å²) in [5, 5.41) is 8.60. The molecule has 0 aliphatic rings. The molecule has 0 atom stereocenters. The standard InChI is InChI=1S/C15H18O5/c1-8-9(2)14(20-5)11(10(3)13(8)19-4)6-7-12(16)15(17)18/h6-7H,1-5H3,(H,17,18)/b7-6+. The first-order valence-corrected chi connectivity index (χ1v) is 6.02. The zero-order valence-corrected chi connectivity index (χ0v) is 12.2. The van der Waals surface area contributed by atoms with Gasteiger partial charge in [0.2, 0.25) is 0 Å². The highest BCUT2D eigenvalue weighted by Crippen LogP contribution is 2.38. The molecule has 0 heterocycles. The number of aliphatic carboxylic acids is 1. The lowest BCUT2D eigenvalue weighted by Crippen LogP contribution is -2.08. The fourth-order valence-corrected chi connectivity index (χ4v) is 2.12. The van der Waals surface area contributed by atoms with Crippen LogP contribution in [0.4, 0.5) is 0 Å². The lowest BCUT2D eigenvalue weighted by Gasteiger charge is -2.18. The van der Waals surface area contributed by atoms with Gasteiger partial charge in [-0.3, -0.25) is 4.79 Å². The van der Waals surface area contributed by atoms with Gasteiger partial charge in [0, 0.05) is 11.1 Å². The van der Waals surface area contributed by atoms with E-state index in [0.29, 0.717) is 17.1 Å². The quantitative estimate of drug-likeness (QED) is 0.661. The molecule has 0 amide bonds. The van der Waals surface area contributed by atoms with Crippen LogP contribution in [0.3, 0.4) is 0 Å². The molecular weight excluding hydrogens is 260 g/mol. The third kappa shape index (κ3) is 2.82. The Morgan fingerprint density at radius 1 is 0.950 bits per heavy atom. The van der Waals surface area contributed by atoms with Gasteiger partial charge in [-0.05, 0) is 44.1 Å². The predicted molar refractivity (Wildman–Crippen MR) is 75.4 cm³/mol. The van der Waals surface area contributed by atoms with Gasteiger partial charge in [0.25, 0.3) is 5.78 Å². The maximum absolute atomic E-state index is 11.2. The second-order valence-corrected chi connectivity index (χ2v) is 4.36. The molecule has 1 aromatic rings. The smallest absolute Gasteiger partial charge is 0.376 e. The normalized spacial score (nSPS) is 10.7. The number of hydrogen-bond donors (Lipinski definition) is 1. The zero-order chi connectivity index (χ0) is 15.4. The van der Waals surface area contributed by atoms with E-state index in [4.69, 9.17) is 14.6 Å². The number of carbonyl (C=O) groups is 2. The average Bonchev–Trinajstić information content (AvgIpc) is 2.41. The molecule has 0 unspecified atom stereocenters. The molecule has 0 fully saturated rings. The molecule has 0 saturated carbocycles. The van der Waals surface area contributed by atoms with E-state index in [0.717, 1.165) is 22.8 Å². The van der Waals surface area contributed by atoms with E-state index >= 15 is 0 Å². The molecule has 0 aromatic heterocycles. The van der Waals surface area contributed by atoms with Crippen LogP contribution < -0.4 is 9.47 Å². The Labute approximate surface area is 117 Å². The van der Waals surface area contributed by atoms with E-state index in [-0.39, 0.29) is 0 Å². The maximum atomic E-state index is 11.2. The molecule has 0 aliphatic carbocycles. The van der Waals surface area contributed by atoms with Gasteiger partial charge in [-0.25, -0.2) is 4.79 Å². The monoisotopic (exact) mass is 278 g/mol. The minimum atomic E-state index is -1.49. The number of carboxylic acid groups (broad SMARTS) is 1. The van der Waals surface area contributed by atoms with Crippen molar-refractivity contribution < 1.29 is 24.2 Å². The summed E-state index contributed by atoms with van der Waals surface area (Å²) in [7, 11) is 3.10. The number of carbonyl (C=O) groups excluding carboxylic acids is 1. The largest absolute Gasteiger partial charge is 0.496 e. The van der Waals surface area contributed by atoms with Gasteiger partial charge < -0.3 is 14.6 Å². The van der Waals surface area contributed by atoms with E-state index in [2.05, 4.69) is 0 Å². The SMILES string of the molecule is COc1c(C)c(C)c(OC)c(/C=C/C(=O)C(=O)O)c1C. The summed E-state index contributed by atoms with van der Waals surface area (Å²) in [6, 6.07) is 0. The summed E-state index contributed by atoms with van der Waals surface area (Å²) < 4.78 is 10.7. The molecule has 0 bridgehead atoms. The highest BCUT2D eigenvalue weighted by Gasteiger charge is 2.17. The number of carboxylic acids is 1. The van der Waals surface area contributed by atoms with Crippen molar-refractivity contribution in [2.45, 2.75) is 20.8 Å². The van der Waals surface area contributed by atoms with Crippen LogP contribution in [0.15, 0.2) is 6.08 Å². The van der Waals surface area contributed by atoms with Crippen LogP contribution in [0.25, 0.3) is 6.08 Å². The van der Waals surface area contributed by atoms with E-state index in [9.17, 15) is 9.59 Å². The van der Waals surface area contributed by atoms with Gasteiger partial charge in [0.15, 0.2) is 0 Å².